The molecule has 1 N–H and O–H groups in total. The minimum Gasteiger partial charge on any atom is -0.399 e. The van der Waals surface area contributed by atoms with Crippen LogP contribution in [-0.2, 0) is 25.8 Å². The van der Waals surface area contributed by atoms with Crippen molar-refractivity contribution >= 4 is 29.4 Å². The van der Waals surface area contributed by atoms with Gasteiger partial charge in [0, 0.05) is 35.9 Å². The highest BCUT2D eigenvalue weighted by Crippen LogP contribution is 2.22. The van der Waals surface area contributed by atoms with Crippen LogP contribution in [0.2, 0.25) is 5.02 Å². The van der Waals surface area contributed by atoms with Gasteiger partial charge in [-0.05, 0) is 25.1 Å². The van der Waals surface area contributed by atoms with Crippen LogP contribution < -0.4 is 5.32 Å². The van der Waals surface area contributed by atoms with Crippen molar-refractivity contribution in [3.63, 3.8) is 0 Å². The number of ether oxygens (including phenoxy) is 1. The molecule has 0 spiro atoms. The Morgan fingerprint density at radius 2 is 1.78 bits per heavy atom. The molecule has 0 heterocycles. The van der Waals surface area contributed by atoms with E-state index in [2.05, 4.69) is 15.6 Å². The number of amides is 1. The minimum atomic E-state index is -1.56. The van der Waals surface area contributed by atoms with Crippen LogP contribution in [0.3, 0.4) is 0 Å². The van der Waals surface area contributed by atoms with Crippen LogP contribution in [0, 0.1) is 17.5 Å². The van der Waals surface area contributed by atoms with Crippen molar-refractivity contribution in [2.24, 2.45) is 10.3 Å². The normalized spacial score (nSPS) is 11.4. The van der Waals surface area contributed by atoms with E-state index in [4.69, 9.17) is 30.8 Å². The average Bonchev–Trinajstić information content (AvgIpc) is 2.77. The molecule has 0 saturated carbocycles. The largest absolute Gasteiger partial charge is 0.399 e. The number of benzene rings is 2. The maximum atomic E-state index is 13.5. The zero-order valence-corrected chi connectivity index (χ0v) is 18.7. The second kappa shape index (κ2) is 14.0. The Kier molecular flexibility index (Phi) is 11.8. The van der Waals surface area contributed by atoms with Gasteiger partial charge in [-0.1, -0.05) is 34.0 Å². The Morgan fingerprint density at radius 1 is 1.16 bits per heavy atom. The Labute approximate surface area is 188 Å². The molecule has 0 saturated heterocycles. The summed E-state index contributed by atoms with van der Waals surface area (Å²) in [6, 6.07) is 6.84. The van der Waals surface area contributed by atoms with Crippen molar-refractivity contribution in [3.8, 4) is 0 Å². The second-order valence-corrected chi connectivity index (χ2v) is 6.44. The molecule has 0 atom stereocenters. The predicted octanol–water partition coefficient (Wildman–Crippen LogP) is 4.06. The summed E-state index contributed by atoms with van der Waals surface area (Å²) in [5.74, 6) is -4.23. The van der Waals surface area contributed by atoms with Crippen LogP contribution in [0.4, 0.5) is 13.2 Å². The molecule has 2 aromatic carbocycles. The number of halogens is 4. The lowest BCUT2D eigenvalue weighted by atomic mass is 10.0. The molecule has 0 unspecified atom stereocenters. The van der Waals surface area contributed by atoms with E-state index in [9.17, 15) is 13.2 Å². The predicted molar refractivity (Wildman–Crippen MR) is 115 cm³/mol. The summed E-state index contributed by atoms with van der Waals surface area (Å²) in [5.41, 5.74) is 1.94. The van der Waals surface area contributed by atoms with Gasteiger partial charge in [0.25, 0.3) is 0 Å². The van der Waals surface area contributed by atoms with Gasteiger partial charge in [0.15, 0.2) is 17.5 Å². The molecule has 174 valence electrons. The molecule has 0 aliphatic heterocycles. The van der Waals surface area contributed by atoms with Gasteiger partial charge in [0.1, 0.15) is 19.4 Å². The summed E-state index contributed by atoms with van der Waals surface area (Å²) < 4.78 is 45.2. The van der Waals surface area contributed by atoms with Gasteiger partial charge in [0.2, 0.25) is 6.41 Å². The summed E-state index contributed by atoms with van der Waals surface area (Å²) >= 11 is 6.24. The molecule has 32 heavy (non-hydrogen) atoms. The van der Waals surface area contributed by atoms with E-state index in [1.165, 1.54) is 14.2 Å². The highest BCUT2D eigenvalue weighted by molar-refractivity contribution is 6.32. The van der Waals surface area contributed by atoms with Crippen molar-refractivity contribution in [3.05, 3.63) is 69.5 Å². The number of oxime groups is 2. The van der Waals surface area contributed by atoms with Gasteiger partial charge in [-0.3, -0.25) is 4.79 Å². The number of nitrogens with one attached hydrogen (secondary N) is 1. The van der Waals surface area contributed by atoms with E-state index in [1.54, 1.807) is 32.2 Å². The number of nitrogens with zero attached hydrogens (tertiary/aromatic N) is 2. The fourth-order valence-electron chi connectivity index (χ4n) is 2.43. The van der Waals surface area contributed by atoms with Crippen molar-refractivity contribution in [2.45, 2.75) is 13.5 Å². The zero-order chi connectivity index (χ0) is 24.1. The average molecular weight is 474 g/mol. The number of hydrogen-bond acceptors (Lipinski definition) is 6. The molecule has 0 radical (unpaired) electrons. The van der Waals surface area contributed by atoms with E-state index in [0.717, 1.165) is 12.1 Å². The molecule has 0 aliphatic carbocycles. The lowest BCUT2D eigenvalue weighted by Gasteiger charge is -2.11. The van der Waals surface area contributed by atoms with Crippen LogP contribution in [0.5, 0.6) is 0 Å². The van der Waals surface area contributed by atoms with Gasteiger partial charge in [-0.15, -0.1) is 0 Å². The van der Waals surface area contributed by atoms with Crippen molar-refractivity contribution in [2.75, 3.05) is 27.9 Å². The number of hydrogen-bond donors (Lipinski definition) is 1. The number of rotatable bonds is 9. The molecule has 1 amide bonds. The van der Waals surface area contributed by atoms with Crippen LogP contribution in [0.1, 0.15) is 23.6 Å². The molecular formula is C21H23ClF3N3O4. The number of carbonyl (C=O) groups is 1. The maximum Gasteiger partial charge on any atom is 0.206 e. The Bertz CT molecular complexity index is 948. The number of methoxy groups -OCH3 is 1. The maximum absolute atomic E-state index is 13.5. The minimum absolute atomic E-state index is 0.00485. The summed E-state index contributed by atoms with van der Waals surface area (Å²) in [6.45, 7) is 1.58. The first-order chi connectivity index (χ1) is 15.3. The topological polar surface area (TPSA) is 81.5 Å². The Balaban J connectivity index is 0.00000118. The zero-order valence-electron chi connectivity index (χ0n) is 17.9. The van der Waals surface area contributed by atoms with Gasteiger partial charge >= 0.3 is 0 Å². The molecule has 2 aromatic rings. The van der Waals surface area contributed by atoms with Crippen molar-refractivity contribution < 1.29 is 32.4 Å². The lowest BCUT2D eigenvalue weighted by Crippen LogP contribution is -2.12. The van der Waals surface area contributed by atoms with E-state index < -0.39 is 17.5 Å². The quantitative estimate of drug-likeness (QED) is 0.258. The van der Waals surface area contributed by atoms with Crippen molar-refractivity contribution in [1.29, 1.82) is 0 Å². The monoisotopic (exact) mass is 473 g/mol. The molecule has 0 aromatic heterocycles. The molecular weight excluding hydrogens is 451 g/mol. The molecule has 0 aliphatic rings. The van der Waals surface area contributed by atoms with Crippen molar-refractivity contribution in [1.82, 2.24) is 5.32 Å². The lowest BCUT2D eigenvalue weighted by molar-refractivity contribution is -0.109. The smallest absolute Gasteiger partial charge is 0.206 e. The van der Waals surface area contributed by atoms with Gasteiger partial charge < -0.3 is 19.7 Å². The molecule has 0 bridgehead atoms. The number of carbonyl (C=O) groups excluding carboxylic acids is 1. The van der Waals surface area contributed by atoms with E-state index >= 15 is 0 Å². The molecule has 2 rings (SSSR count). The third-order valence-electron chi connectivity index (χ3n) is 3.84. The fraction of sp³-hybridized carbons (Fsp3) is 0.286. The highest BCUT2D eigenvalue weighted by atomic mass is 35.5. The first-order valence-electron chi connectivity index (χ1n) is 9.09. The van der Waals surface area contributed by atoms with Gasteiger partial charge in [-0.25, -0.2) is 13.2 Å². The second-order valence-electron chi connectivity index (χ2n) is 6.03. The third-order valence-corrected chi connectivity index (χ3v) is 4.19. The van der Waals surface area contributed by atoms with Crippen LogP contribution >= 0.6 is 11.6 Å². The van der Waals surface area contributed by atoms with E-state index in [-0.39, 0.29) is 24.5 Å². The van der Waals surface area contributed by atoms with E-state index in [1.807, 2.05) is 0 Å². The third kappa shape index (κ3) is 7.86. The van der Waals surface area contributed by atoms with Gasteiger partial charge in [0.05, 0.1) is 12.3 Å². The standard InChI is InChI=1S/C19H18ClF3N2O3.C2H5NO/c1-11(24-27-3)13-5-4-6-15(20)14(13)9-28-25-18(10-26-2)12-7-16(21)19(23)17(22)8-12;1-3-2-4/h4-8H,9-10H2,1-3H3;2H,1H3,(H,3,4)/b24-11-,25-18+;. The summed E-state index contributed by atoms with van der Waals surface area (Å²) in [5, 5.41) is 10.4. The SMILES string of the molecule is CNC=O.COC/C(=N\OCc1c(Cl)cccc1/C(C)=N\OC)c1cc(F)c(F)c(F)c1. The Morgan fingerprint density at radius 3 is 2.31 bits per heavy atom. The first kappa shape index (κ1) is 26.9. The van der Waals surface area contributed by atoms with E-state index in [0.29, 0.717) is 28.3 Å². The highest BCUT2D eigenvalue weighted by Gasteiger charge is 2.15. The van der Waals surface area contributed by atoms with Crippen LogP contribution in [0.25, 0.3) is 0 Å². The fourth-order valence-corrected chi connectivity index (χ4v) is 2.66. The van der Waals surface area contributed by atoms with Gasteiger partial charge in [-0.2, -0.15) is 0 Å². The van der Waals surface area contributed by atoms with Crippen LogP contribution in [-0.4, -0.2) is 45.7 Å². The summed E-state index contributed by atoms with van der Waals surface area (Å²) in [7, 11) is 4.36. The molecule has 7 nitrogen and oxygen atoms in total. The molecule has 11 heteroatoms. The summed E-state index contributed by atoms with van der Waals surface area (Å²) in [4.78, 5) is 19.2. The Hall–Kier alpha value is -3.11. The van der Waals surface area contributed by atoms with Crippen LogP contribution in [0.15, 0.2) is 40.6 Å². The summed E-state index contributed by atoms with van der Waals surface area (Å²) in [6.07, 6.45) is 0.625. The molecule has 0 fully saturated rings. The first-order valence-corrected chi connectivity index (χ1v) is 9.47.